The van der Waals surface area contributed by atoms with Gasteiger partial charge in [0.15, 0.2) is 0 Å². The number of rotatable bonds is 5. The first-order chi connectivity index (χ1) is 8.67. The Kier molecular flexibility index (Phi) is 4.38. The molecule has 0 aliphatic carbocycles. The second-order valence-electron chi connectivity index (χ2n) is 4.76. The summed E-state index contributed by atoms with van der Waals surface area (Å²) < 4.78 is 1.34. The number of benzene rings is 1. The van der Waals surface area contributed by atoms with Gasteiger partial charge < -0.3 is 10.4 Å². The largest absolute Gasteiger partial charge is 0.395 e. The Bertz CT molecular complexity index is 516. The summed E-state index contributed by atoms with van der Waals surface area (Å²) in [4.78, 5) is 1.38. The van der Waals surface area contributed by atoms with Crippen molar-refractivity contribution in [3.05, 3.63) is 34.7 Å². The van der Waals surface area contributed by atoms with Crippen LogP contribution in [0.1, 0.15) is 36.8 Å². The van der Waals surface area contributed by atoms with Crippen molar-refractivity contribution in [2.45, 2.75) is 39.3 Å². The van der Waals surface area contributed by atoms with E-state index in [0.717, 1.165) is 6.42 Å². The second kappa shape index (κ2) is 5.83. The predicted octanol–water partition coefficient (Wildman–Crippen LogP) is 3.63. The molecule has 0 spiro atoms. The Morgan fingerprint density at radius 2 is 2.06 bits per heavy atom. The van der Waals surface area contributed by atoms with E-state index >= 15 is 0 Å². The van der Waals surface area contributed by atoms with Crippen LogP contribution >= 0.6 is 11.3 Å². The first-order valence-corrected chi connectivity index (χ1v) is 7.34. The summed E-state index contributed by atoms with van der Waals surface area (Å²) in [6.45, 7) is 6.66. The van der Waals surface area contributed by atoms with Crippen LogP contribution in [0.15, 0.2) is 24.3 Å². The molecule has 1 heterocycles. The molecule has 1 aromatic heterocycles. The maximum atomic E-state index is 9.27. The molecule has 0 saturated heterocycles. The molecule has 0 saturated carbocycles. The fourth-order valence-corrected chi connectivity index (χ4v) is 3.56. The van der Waals surface area contributed by atoms with Gasteiger partial charge in [-0.2, -0.15) is 0 Å². The van der Waals surface area contributed by atoms with Crippen molar-refractivity contribution in [3.63, 3.8) is 0 Å². The van der Waals surface area contributed by atoms with Gasteiger partial charge in [-0.25, -0.2) is 0 Å². The Balaban J connectivity index is 2.27. The third-order valence-corrected chi connectivity index (χ3v) is 4.93. The highest BCUT2D eigenvalue weighted by Gasteiger charge is 2.16. The van der Waals surface area contributed by atoms with E-state index in [0.29, 0.717) is 6.04 Å². The first kappa shape index (κ1) is 13.5. The van der Waals surface area contributed by atoms with Crippen LogP contribution in [0.4, 0.5) is 0 Å². The van der Waals surface area contributed by atoms with E-state index in [-0.39, 0.29) is 12.6 Å². The monoisotopic (exact) mass is 263 g/mol. The van der Waals surface area contributed by atoms with Crippen LogP contribution in [0.3, 0.4) is 0 Å². The van der Waals surface area contributed by atoms with Crippen LogP contribution in [-0.2, 0) is 0 Å². The first-order valence-electron chi connectivity index (χ1n) is 6.52. The molecule has 0 bridgehead atoms. The zero-order valence-corrected chi connectivity index (χ0v) is 12.1. The maximum absolute atomic E-state index is 9.27. The van der Waals surface area contributed by atoms with Crippen LogP contribution in [0.5, 0.6) is 0 Å². The molecular formula is C15H21NOS. The molecule has 2 unspecified atom stereocenters. The fraction of sp³-hybridized carbons (Fsp3) is 0.467. The molecular weight excluding hydrogens is 242 g/mol. The highest BCUT2D eigenvalue weighted by molar-refractivity contribution is 7.19. The lowest BCUT2D eigenvalue weighted by molar-refractivity contribution is 0.230. The quantitative estimate of drug-likeness (QED) is 0.863. The van der Waals surface area contributed by atoms with Crippen molar-refractivity contribution >= 4 is 21.4 Å². The van der Waals surface area contributed by atoms with Crippen LogP contribution in [0.25, 0.3) is 10.1 Å². The third-order valence-electron chi connectivity index (χ3n) is 3.47. The highest BCUT2D eigenvalue weighted by Crippen LogP contribution is 2.34. The zero-order chi connectivity index (χ0) is 13.1. The molecule has 0 fully saturated rings. The highest BCUT2D eigenvalue weighted by atomic mass is 32.1. The lowest BCUT2D eigenvalue weighted by Crippen LogP contribution is -2.33. The lowest BCUT2D eigenvalue weighted by atomic mass is 10.1. The minimum absolute atomic E-state index is 0.185. The summed E-state index contributed by atoms with van der Waals surface area (Å²) in [5.74, 6) is 0. The van der Waals surface area contributed by atoms with Gasteiger partial charge in [0.05, 0.1) is 6.61 Å². The third kappa shape index (κ3) is 2.58. The predicted molar refractivity (Wildman–Crippen MR) is 79.3 cm³/mol. The Morgan fingerprint density at radius 1 is 1.33 bits per heavy atom. The maximum Gasteiger partial charge on any atom is 0.0584 e. The van der Waals surface area contributed by atoms with Gasteiger partial charge in [0, 0.05) is 21.7 Å². The van der Waals surface area contributed by atoms with E-state index in [1.807, 2.05) is 11.3 Å². The van der Waals surface area contributed by atoms with E-state index in [9.17, 15) is 5.11 Å². The van der Waals surface area contributed by atoms with Crippen LogP contribution < -0.4 is 5.32 Å². The van der Waals surface area contributed by atoms with Crippen molar-refractivity contribution in [2.75, 3.05) is 6.61 Å². The van der Waals surface area contributed by atoms with Gasteiger partial charge in [0.2, 0.25) is 0 Å². The molecule has 18 heavy (non-hydrogen) atoms. The van der Waals surface area contributed by atoms with Crippen molar-refractivity contribution in [1.29, 1.82) is 0 Å². The minimum atomic E-state index is 0.185. The zero-order valence-electron chi connectivity index (χ0n) is 11.2. The topological polar surface area (TPSA) is 32.3 Å². The number of hydrogen-bond donors (Lipinski definition) is 2. The van der Waals surface area contributed by atoms with E-state index in [1.165, 1.54) is 20.5 Å². The van der Waals surface area contributed by atoms with Gasteiger partial charge in [-0.1, -0.05) is 25.1 Å². The van der Waals surface area contributed by atoms with Gasteiger partial charge in [-0.05, 0) is 37.3 Å². The SMILES string of the molecule is CCC(CO)NC(C)c1sc2ccccc2c1C. The molecule has 0 amide bonds. The van der Waals surface area contributed by atoms with Crippen molar-refractivity contribution in [3.8, 4) is 0 Å². The summed E-state index contributed by atoms with van der Waals surface area (Å²) in [5.41, 5.74) is 1.36. The van der Waals surface area contributed by atoms with Crippen LogP contribution in [0, 0.1) is 6.92 Å². The van der Waals surface area contributed by atoms with Crippen molar-refractivity contribution < 1.29 is 5.11 Å². The normalized spacial score (nSPS) is 14.9. The molecule has 0 radical (unpaired) electrons. The Labute approximate surface area is 113 Å². The molecule has 2 rings (SSSR count). The smallest absolute Gasteiger partial charge is 0.0584 e. The van der Waals surface area contributed by atoms with Crippen molar-refractivity contribution in [1.82, 2.24) is 5.32 Å². The van der Waals surface area contributed by atoms with Crippen LogP contribution in [-0.4, -0.2) is 17.8 Å². The molecule has 0 aliphatic rings. The molecule has 2 aromatic rings. The second-order valence-corrected chi connectivity index (χ2v) is 5.85. The molecule has 2 N–H and O–H groups in total. The molecule has 3 heteroatoms. The summed E-state index contributed by atoms with van der Waals surface area (Å²) in [7, 11) is 0. The number of thiophene rings is 1. The fourth-order valence-electron chi connectivity index (χ4n) is 2.34. The van der Waals surface area contributed by atoms with Gasteiger partial charge in [0.1, 0.15) is 0 Å². The van der Waals surface area contributed by atoms with Crippen LogP contribution in [0.2, 0.25) is 0 Å². The van der Waals surface area contributed by atoms with Gasteiger partial charge in [-0.15, -0.1) is 11.3 Å². The lowest BCUT2D eigenvalue weighted by Gasteiger charge is -2.20. The molecule has 2 atom stereocenters. The number of aliphatic hydroxyl groups is 1. The number of nitrogens with one attached hydrogen (secondary N) is 1. The van der Waals surface area contributed by atoms with E-state index in [1.54, 1.807) is 0 Å². The molecule has 98 valence electrons. The summed E-state index contributed by atoms with van der Waals surface area (Å²) in [6, 6.07) is 9.01. The van der Waals surface area contributed by atoms with Gasteiger partial charge >= 0.3 is 0 Å². The number of hydrogen-bond acceptors (Lipinski definition) is 3. The summed E-state index contributed by atoms with van der Waals surface area (Å²) >= 11 is 1.85. The Hall–Kier alpha value is -0.900. The van der Waals surface area contributed by atoms with Gasteiger partial charge in [-0.3, -0.25) is 0 Å². The average molecular weight is 263 g/mol. The standard InChI is InChI=1S/C15H21NOS/c1-4-12(9-17)16-11(3)15-10(2)13-7-5-6-8-14(13)18-15/h5-8,11-12,16-17H,4,9H2,1-3H3. The van der Waals surface area contributed by atoms with E-state index in [4.69, 9.17) is 0 Å². The average Bonchev–Trinajstić information content (AvgIpc) is 2.74. The molecule has 1 aromatic carbocycles. The summed E-state index contributed by atoms with van der Waals surface area (Å²) in [5, 5.41) is 14.1. The minimum Gasteiger partial charge on any atom is -0.395 e. The molecule has 2 nitrogen and oxygen atoms in total. The van der Waals surface area contributed by atoms with E-state index in [2.05, 4.69) is 50.4 Å². The van der Waals surface area contributed by atoms with Crippen molar-refractivity contribution in [2.24, 2.45) is 0 Å². The van der Waals surface area contributed by atoms with E-state index < -0.39 is 0 Å². The number of aliphatic hydroxyl groups excluding tert-OH is 1. The van der Waals surface area contributed by atoms with Gasteiger partial charge in [0.25, 0.3) is 0 Å². The summed E-state index contributed by atoms with van der Waals surface area (Å²) in [6.07, 6.45) is 0.949. The Morgan fingerprint density at radius 3 is 2.67 bits per heavy atom. The number of aryl methyl sites for hydroxylation is 1. The number of fused-ring (bicyclic) bond motifs is 1. The molecule has 0 aliphatic heterocycles.